The number of rotatable bonds is 12. The van der Waals surface area contributed by atoms with Crippen molar-refractivity contribution in [3.63, 3.8) is 0 Å². The lowest BCUT2D eigenvalue weighted by Crippen LogP contribution is -2.00. The molecule has 6 nitrogen and oxygen atoms in total. The summed E-state index contributed by atoms with van der Waals surface area (Å²) in [4.78, 5) is 12.3. The van der Waals surface area contributed by atoms with E-state index in [0.29, 0.717) is 0 Å². The third-order valence-corrected chi connectivity index (χ3v) is 2.75. The third kappa shape index (κ3) is 8.92. The van der Waals surface area contributed by atoms with E-state index in [1.54, 1.807) is 18.8 Å². The average molecular weight is 333 g/mol. The molecule has 0 fully saturated rings. The van der Waals surface area contributed by atoms with Crippen molar-refractivity contribution in [2.45, 2.75) is 59.3 Å². The predicted molar refractivity (Wildman–Crippen MR) is 93.9 cm³/mol. The van der Waals surface area contributed by atoms with Crippen LogP contribution < -0.4 is 14.2 Å². The zero-order valence-electron chi connectivity index (χ0n) is 14.8. The molecule has 0 N–H and O–H groups in total. The number of hydrogen-bond acceptors (Lipinski definition) is 6. The Morgan fingerprint density at radius 1 is 0.583 bits per heavy atom. The van der Waals surface area contributed by atoms with Gasteiger partial charge >= 0.3 is 18.0 Å². The zero-order valence-corrected chi connectivity index (χ0v) is 14.8. The van der Waals surface area contributed by atoms with E-state index < -0.39 is 0 Å². The van der Waals surface area contributed by atoms with E-state index in [1.165, 1.54) is 0 Å². The summed E-state index contributed by atoms with van der Waals surface area (Å²) >= 11 is 0. The van der Waals surface area contributed by atoms with Crippen LogP contribution >= 0.6 is 0 Å². The lowest BCUT2D eigenvalue weighted by Gasteiger charge is -2.04. The molecule has 0 saturated heterocycles. The van der Waals surface area contributed by atoms with Crippen LogP contribution in [0.1, 0.15) is 59.3 Å². The SMILES string of the molecule is CCCC=COc1nc(OC=CCCC)nc(OC=CCCC)n1. The average Bonchev–Trinajstić information content (AvgIpc) is 2.59. The molecule has 0 amide bonds. The first kappa shape index (κ1) is 19.7. The maximum atomic E-state index is 5.39. The summed E-state index contributed by atoms with van der Waals surface area (Å²) in [6.07, 6.45) is 16.3. The molecule has 6 heteroatoms. The number of ether oxygens (including phenoxy) is 3. The van der Waals surface area contributed by atoms with Gasteiger partial charge in [0.25, 0.3) is 0 Å². The number of aromatic nitrogens is 3. The van der Waals surface area contributed by atoms with Gasteiger partial charge < -0.3 is 14.2 Å². The highest BCUT2D eigenvalue weighted by Gasteiger charge is 2.08. The molecule has 0 radical (unpaired) electrons. The van der Waals surface area contributed by atoms with Crippen molar-refractivity contribution in [3.05, 3.63) is 37.0 Å². The molecular formula is C18H27N3O3. The molecule has 1 aromatic heterocycles. The molecule has 132 valence electrons. The summed E-state index contributed by atoms with van der Waals surface area (Å²) < 4.78 is 16.2. The van der Waals surface area contributed by atoms with E-state index in [9.17, 15) is 0 Å². The minimum atomic E-state index is 0.134. The molecule has 1 heterocycles. The summed E-state index contributed by atoms with van der Waals surface area (Å²) in [7, 11) is 0. The van der Waals surface area contributed by atoms with Gasteiger partial charge in [-0.3, -0.25) is 0 Å². The van der Waals surface area contributed by atoms with E-state index in [4.69, 9.17) is 14.2 Å². The molecule has 0 saturated carbocycles. The third-order valence-electron chi connectivity index (χ3n) is 2.75. The van der Waals surface area contributed by atoms with Gasteiger partial charge in [-0.1, -0.05) is 40.0 Å². The van der Waals surface area contributed by atoms with Gasteiger partial charge in [-0.25, -0.2) is 0 Å². The van der Waals surface area contributed by atoms with Crippen molar-refractivity contribution in [3.8, 4) is 18.0 Å². The number of allylic oxidation sites excluding steroid dienone is 3. The van der Waals surface area contributed by atoms with E-state index >= 15 is 0 Å². The number of unbranched alkanes of at least 4 members (excludes halogenated alkanes) is 3. The van der Waals surface area contributed by atoms with Crippen LogP contribution in [0.3, 0.4) is 0 Å². The highest BCUT2D eigenvalue weighted by molar-refractivity contribution is 5.11. The Labute approximate surface area is 144 Å². The molecule has 1 rings (SSSR count). The predicted octanol–water partition coefficient (Wildman–Crippen LogP) is 4.95. The standard InChI is InChI=1S/C18H27N3O3/c1-4-7-10-13-22-16-19-17(23-14-11-8-5-2)21-18(20-16)24-15-12-9-6-3/h10-15H,4-9H2,1-3H3. The van der Waals surface area contributed by atoms with Crippen LogP contribution in [0.2, 0.25) is 0 Å². The van der Waals surface area contributed by atoms with Gasteiger partial charge in [-0.2, -0.15) is 0 Å². The fourth-order valence-corrected chi connectivity index (χ4v) is 1.51. The second kappa shape index (κ2) is 13.1. The molecule has 1 aromatic rings. The van der Waals surface area contributed by atoms with Gasteiger partial charge in [-0.15, -0.1) is 15.0 Å². The zero-order chi connectivity index (χ0) is 17.5. The summed E-state index contributed by atoms with van der Waals surface area (Å²) in [5.74, 6) is 0. The van der Waals surface area contributed by atoms with Gasteiger partial charge in [0.2, 0.25) is 0 Å². The Morgan fingerprint density at radius 2 is 0.875 bits per heavy atom. The highest BCUT2D eigenvalue weighted by Crippen LogP contribution is 2.15. The van der Waals surface area contributed by atoms with Crippen molar-refractivity contribution >= 4 is 0 Å². The highest BCUT2D eigenvalue weighted by atomic mass is 16.5. The Bertz CT molecular complexity index is 454. The summed E-state index contributed by atoms with van der Waals surface area (Å²) in [6, 6.07) is 0.403. The summed E-state index contributed by atoms with van der Waals surface area (Å²) in [5.41, 5.74) is 0. The molecule has 0 bridgehead atoms. The maximum Gasteiger partial charge on any atom is 0.330 e. The second-order valence-electron chi connectivity index (χ2n) is 5.02. The Balaban J connectivity index is 2.79. The minimum absolute atomic E-state index is 0.134. The number of nitrogens with zero attached hydrogens (tertiary/aromatic N) is 3. The van der Waals surface area contributed by atoms with Crippen LogP contribution in [0.4, 0.5) is 0 Å². The van der Waals surface area contributed by atoms with Gasteiger partial charge in [-0.05, 0) is 37.5 Å². The van der Waals surface area contributed by atoms with Gasteiger partial charge in [0.05, 0.1) is 18.8 Å². The normalized spacial score (nSPS) is 11.6. The van der Waals surface area contributed by atoms with E-state index in [0.717, 1.165) is 38.5 Å². The van der Waals surface area contributed by atoms with Crippen molar-refractivity contribution in [2.75, 3.05) is 0 Å². The lowest BCUT2D eigenvalue weighted by molar-refractivity contribution is 0.358. The fourth-order valence-electron chi connectivity index (χ4n) is 1.51. The van der Waals surface area contributed by atoms with Crippen LogP contribution in [-0.2, 0) is 0 Å². The van der Waals surface area contributed by atoms with Gasteiger partial charge in [0.1, 0.15) is 0 Å². The van der Waals surface area contributed by atoms with Crippen molar-refractivity contribution in [1.82, 2.24) is 15.0 Å². The molecule has 0 aliphatic rings. The molecule has 0 atom stereocenters. The first-order valence-electron chi connectivity index (χ1n) is 8.51. The van der Waals surface area contributed by atoms with E-state index in [-0.39, 0.29) is 18.0 Å². The van der Waals surface area contributed by atoms with Crippen LogP contribution in [0.25, 0.3) is 0 Å². The van der Waals surface area contributed by atoms with Gasteiger partial charge in [0, 0.05) is 0 Å². The molecule has 0 spiro atoms. The van der Waals surface area contributed by atoms with E-state index in [1.807, 2.05) is 18.2 Å². The van der Waals surface area contributed by atoms with Crippen molar-refractivity contribution in [2.24, 2.45) is 0 Å². The Kier molecular flexibility index (Phi) is 10.7. The van der Waals surface area contributed by atoms with Crippen LogP contribution in [-0.4, -0.2) is 15.0 Å². The first-order chi connectivity index (χ1) is 11.8. The molecule has 0 aliphatic carbocycles. The lowest BCUT2D eigenvalue weighted by atomic mass is 10.3. The molecule has 0 unspecified atom stereocenters. The Morgan fingerprint density at radius 3 is 1.12 bits per heavy atom. The van der Waals surface area contributed by atoms with E-state index in [2.05, 4.69) is 35.7 Å². The minimum Gasteiger partial charge on any atom is -0.432 e. The van der Waals surface area contributed by atoms with Crippen molar-refractivity contribution < 1.29 is 14.2 Å². The second-order valence-corrected chi connectivity index (χ2v) is 5.02. The summed E-state index contributed by atoms with van der Waals surface area (Å²) in [6.45, 7) is 6.28. The largest absolute Gasteiger partial charge is 0.432 e. The summed E-state index contributed by atoms with van der Waals surface area (Å²) in [5, 5.41) is 0. The smallest absolute Gasteiger partial charge is 0.330 e. The molecule has 0 aromatic carbocycles. The maximum absolute atomic E-state index is 5.39. The van der Waals surface area contributed by atoms with Crippen LogP contribution in [0, 0.1) is 0 Å². The Hall–Kier alpha value is -2.37. The monoisotopic (exact) mass is 333 g/mol. The molecule has 24 heavy (non-hydrogen) atoms. The quantitative estimate of drug-likeness (QED) is 0.504. The van der Waals surface area contributed by atoms with Crippen LogP contribution in [0.15, 0.2) is 37.0 Å². The fraction of sp³-hybridized carbons (Fsp3) is 0.500. The number of hydrogen-bond donors (Lipinski definition) is 0. The molecular weight excluding hydrogens is 306 g/mol. The first-order valence-corrected chi connectivity index (χ1v) is 8.51. The van der Waals surface area contributed by atoms with Crippen LogP contribution in [0.5, 0.6) is 18.0 Å². The molecule has 0 aliphatic heterocycles. The topological polar surface area (TPSA) is 66.4 Å². The van der Waals surface area contributed by atoms with Crippen molar-refractivity contribution in [1.29, 1.82) is 0 Å². The van der Waals surface area contributed by atoms with Gasteiger partial charge in [0.15, 0.2) is 0 Å².